The van der Waals surface area contributed by atoms with E-state index in [2.05, 4.69) is 10.6 Å². The van der Waals surface area contributed by atoms with Crippen molar-refractivity contribution >= 4 is 28.9 Å². The van der Waals surface area contributed by atoms with Crippen LogP contribution in [0.4, 0.5) is 20.2 Å². The Kier molecular flexibility index (Phi) is 4.83. The number of anilines is 2. The van der Waals surface area contributed by atoms with Gasteiger partial charge in [0.05, 0.1) is 11.6 Å². The largest absolute Gasteiger partial charge is 0.398 e. The van der Waals surface area contributed by atoms with Gasteiger partial charge in [0.15, 0.2) is 11.5 Å². The predicted molar refractivity (Wildman–Crippen MR) is 93.1 cm³/mol. The van der Waals surface area contributed by atoms with Gasteiger partial charge >= 0.3 is 0 Å². The molecule has 0 aromatic heterocycles. The lowest BCUT2D eigenvalue weighted by molar-refractivity contribution is -0.122. The van der Waals surface area contributed by atoms with E-state index < -0.39 is 29.5 Å². The first-order valence-electron chi connectivity index (χ1n) is 8.21. The Labute approximate surface area is 148 Å². The molecule has 2 aliphatic rings. The summed E-state index contributed by atoms with van der Waals surface area (Å²) in [6.07, 6.45) is 5.24. The number of rotatable bonds is 4. The molecular formula is C18H19F2N4O2+. The molecule has 1 aromatic rings. The number of nitrogen functional groups attached to an aromatic ring is 1. The smallest absolute Gasteiger partial charge is 0.247 e. The third kappa shape index (κ3) is 3.49. The molecule has 0 radical (unpaired) electrons. The highest BCUT2D eigenvalue weighted by Gasteiger charge is 2.30. The molecule has 2 amide bonds. The molecule has 136 valence electrons. The van der Waals surface area contributed by atoms with Gasteiger partial charge < -0.3 is 16.4 Å². The second-order valence-electron chi connectivity index (χ2n) is 6.29. The van der Waals surface area contributed by atoms with Gasteiger partial charge in [-0.3, -0.25) is 15.0 Å². The summed E-state index contributed by atoms with van der Waals surface area (Å²) in [5.74, 6) is -2.51. The van der Waals surface area contributed by atoms with E-state index >= 15 is 0 Å². The van der Waals surface area contributed by atoms with E-state index in [4.69, 9.17) is 11.1 Å². The van der Waals surface area contributed by atoms with Gasteiger partial charge in [0.2, 0.25) is 11.8 Å². The maximum atomic E-state index is 14.9. The summed E-state index contributed by atoms with van der Waals surface area (Å²) in [5.41, 5.74) is 5.89. The molecule has 1 aromatic carbocycles. The summed E-state index contributed by atoms with van der Waals surface area (Å²) in [6.45, 7) is 0. The van der Waals surface area contributed by atoms with Crippen LogP contribution in [0.25, 0.3) is 0 Å². The Morgan fingerprint density at radius 3 is 2.77 bits per heavy atom. The fraction of sp³-hybridized carbons (Fsp3) is 0.278. The highest BCUT2D eigenvalue weighted by atomic mass is 19.1. The van der Waals surface area contributed by atoms with Crippen LogP contribution in [0.2, 0.25) is 0 Å². The second-order valence-corrected chi connectivity index (χ2v) is 6.29. The van der Waals surface area contributed by atoms with Gasteiger partial charge in [-0.25, -0.2) is 8.78 Å². The normalized spacial score (nSPS) is 21.9. The molecule has 8 heteroatoms. The van der Waals surface area contributed by atoms with Crippen molar-refractivity contribution in [1.82, 2.24) is 5.32 Å². The summed E-state index contributed by atoms with van der Waals surface area (Å²) >= 11 is 0. The lowest BCUT2D eigenvalue weighted by Gasteiger charge is -2.16. The number of benzene rings is 1. The Bertz CT molecular complexity index is 848. The average molecular weight is 361 g/mol. The molecule has 6 nitrogen and oxygen atoms in total. The van der Waals surface area contributed by atoms with Crippen molar-refractivity contribution in [2.75, 3.05) is 11.1 Å². The van der Waals surface area contributed by atoms with Crippen LogP contribution in [-0.4, -0.2) is 23.6 Å². The van der Waals surface area contributed by atoms with Crippen molar-refractivity contribution in [3.63, 3.8) is 0 Å². The molecule has 0 saturated carbocycles. The molecule has 1 aliphatic heterocycles. The van der Waals surface area contributed by atoms with E-state index in [1.54, 1.807) is 6.08 Å². The van der Waals surface area contributed by atoms with Crippen molar-refractivity contribution < 1.29 is 23.8 Å². The molecule has 0 spiro atoms. The zero-order chi connectivity index (χ0) is 18.8. The number of nitrogens with one attached hydrogen (secondary N) is 2. The van der Waals surface area contributed by atoms with Crippen LogP contribution in [0, 0.1) is 11.7 Å². The number of carbonyl (C=O) groups excluding carboxylic acids is 2. The van der Waals surface area contributed by atoms with Gasteiger partial charge in [-0.05, 0) is 37.1 Å². The Morgan fingerprint density at radius 2 is 2.12 bits per heavy atom. The first kappa shape index (κ1) is 17.8. The summed E-state index contributed by atoms with van der Waals surface area (Å²) in [5, 5.41) is 11.0. The van der Waals surface area contributed by atoms with Crippen LogP contribution in [-0.2, 0) is 9.59 Å². The fourth-order valence-electron chi connectivity index (χ4n) is 3.06. The first-order chi connectivity index (χ1) is 12.4. The SMILES string of the molecule is Nc1ccc(NC(=O)[C@H]2CCC(=O)N2)c(F)c1C(=[NH2+])C1C=C(F)C=CC1. The molecule has 1 aliphatic carbocycles. The molecule has 6 N–H and O–H groups in total. The van der Waals surface area contributed by atoms with Crippen molar-refractivity contribution in [2.24, 2.45) is 5.92 Å². The molecule has 26 heavy (non-hydrogen) atoms. The Morgan fingerprint density at radius 1 is 1.35 bits per heavy atom. The van der Waals surface area contributed by atoms with Gasteiger partial charge in [-0.1, -0.05) is 6.08 Å². The quantitative estimate of drug-likeness (QED) is 0.466. The van der Waals surface area contributed by atoms with Crippen molar-refractivity contribution in [3.8, 4) is 0 Å². The monoisotopic (exact) mass is 361 g/mol. The molecule has 1 saturated heterocycles. The molecular weight excluding hydrogens is 342 g/mol. The van der Waals surface area contributed by atoms with Gasteiger partial charge in [-0.2, -0.15) is 0 Å². The number of hydrogen-bond donors (Lipinski definition) is 4. The lowest BCUT2D eigenvalue weighted by atomic mass is 9.89. The maximum absolute atomic E-state index is 14.9. The Hall–Kier alpha value is -3.03. The van der Waals surface area contributed by atoms with E-state index in [9.17, 15) is 18.4 Å². The molecule has 1 heterocycles. The van der Waals surface area contributed by atoms with E-state index in [1.165, 1.54) is 24.3 Å². The van der Waals surface area contributed by atoms with Gasteiger partial charge in [0.1, 0.15) is 17.4 Å². The highest BCUT2D eigenvalue weighted by Crippen LogP contribution is 2.29. The minimum absolute atomic E-state index is 0.0531. The van der Waals surface area contributed by atoms with Crippen LogP contribution in [0.3, 0.4) is 0 Å². The third-order valence-corrected chi connectivity index (χ3v) is 4.46. The summed E-state index contributed by atoms with van der Waals surface area (Å²) in [6, 6.07) is 2.05. The third-order valence-electron chi connectivity index (χ3n) is 4.46. The maximum Gasteiger partial charge on any atom is 0.247 e. The van der Waals surface area contributed by atoms with Crippen LogP contribution < -0.4 is 21.8 Å². The molecule has 1 unspecified atom stereocenters. The topological polar surface area (TPSA) is 110 Å². The van der Waals surface area contributed by atoms with Crippen LogP contribution in [0.15, 0.2) is 36.2 Å². The van der Waals surface area contributed by atoms with Gasteiger partial charge in [-0.15, -0.1) is 0 Å². The van der Waals surface area contributed by atoms with Crippen molar-refractivity contribution in [1.29, 1.82) is 0 Å². The zero-order valence-electron chi connectivity index (χ0n) is 13.9. The van der Waals surface area contributed by atoms with Gasteiger partial charge in [0, 0.05) is 12.1 Å². The number of amides is 2. The number of nitrogens with two attached hydrogens (primary N) is 2. The second kappa shape index (κ2) is 7.07. The lowest BCUT2D eigenvalue weighted by Crippen LogP contribution is -2.46. The van der Waals surface area contributed by atoms with E-state index in [-0.39, 0.29) is 35.0 Å². The summed E-state index contributed by atoms with van der Waals surface area (Å²) in [4.78, 5) is 23.4. The minimum atomic E-state index is -0.788. The number of allylic oxidation sites excluding steroid dienone is 4. The molecule has 2 atom stereocenters. The van der Waals surface area contributed by atoms with Crippen molar-refractivity contribution in [3.05, 3.63) is 47.6 Å². The molecule has 3 rings (SSSR count). The zero-order valence-corrected chi connectivity index (χ0v) is 13.9. The number of halogens is 2. The van der Waals surface area contributed by atoms with Crippen LogP contribution in [0.1, 0.15) is 24.8 Å². The van der Waals surface area contributed by atoms with Crippen molar-refractivity contribution in [2.45, 2.75) is 25.3 Å². The molecule has 1 fully saturated rings. The van der Waals surface area contributed by atoms with E-state index in [0.717, 1.165) is 0 Å². The number of carbonyl (C=O) groups is 2. The van der Waals surface area contributed by atoms with E-state index in [1.807, 2.05) is 0 Å². The van der Waals surface area contributed by atoms with Gasteiger partial charge in [0.25, 0.3) is 0 Å². The molecule has 0 bridgehead atoms. The first-order valence-corrected chi connectivity index (χ1v) is 8.21. The minimum Gasteiger partial charge on any atom is -0.398 e. The number of hydrogen-bond acceptors (Lipinski definition) is 3. The van der Waals surface area contributed by atoms with E-state index in [0.29, 0.717) is 12.8 Å². The fourth-order valence-corrected chi connectivity index (χ4v) is 3.06. The highest BCUT2D eigenvalue weighted by molar-refractivity contribution is 6.06. The predicted octanol–water partition coefficient (Wildman–Crippen LogP) is 0.603. The summed E-state index contributed by atoms with van der Waals surface area (Å²) in [7, 11) is 0. The van der Waals surface area contributed by atoms with Crippen LogP contribution in [0.5, 0.6) is 0 Å². The average Bonchev–Trinajstić information content (AvgIpc) is 3.04. The standard InChI is InChI=1S/C18H18F2N4O2/c19-10-3-1-2-9(8-10)17(22)15-11(21)4-5-12(16(15)20)24-18(26)13-6-7-14(25)23-13/h1,3-5,8-9,13,22H,2,6-7,21H2,(H,23,25)(H,24,26)/p+1/t9?,13-/m1/s1. The van der Waals surface area contributed by atoms with Crippen LogP contribution >= 0.6 is 0 Å². The summed E-state index contributed by atoms with van der Waals surface area (Å²) < 4.78 is 28.4. The Balaban J connectivity index is 1.84.